The average Bonchev–Trinajstić information content (AvgIpc) is 3.43. The van der Waals surface area contributed by atoms with Crippen molar-refractivity contribution in [3.05, 3.63) is 137 Å². The number of aliphatic hydroxyl groups excluding tert-OH is 1. The van der Waals surface area contributed by atoms with Gasteiger partial charge < -0.3 is 24.6 Å². The number of hydrogen-bond acceptors (Lipinski definition) is 8. The number of carbonyl (C=O) groups is 3. The van der Waals surface area contributed by atoms with E-state index in [-0.39, 0.29) is 43.8 Å². The van der Waals surface area contributed by atoms with Crippen LogP contribution >= 0.6 is 0 Å². The molecule has 0 aromatic heterocycles. The lowest BCUT2D eigenvalue weighted by Gasteiger charge is -2.43. The summed E-state index contributed by atoms with van der Waals surface area (Å²) in [5.74, 6) is -1.01. The molecule has 0 aliphatic carbocycles. The van der Waals surface area contributed by atoms with Gasteiger partial charge in [0.15, 0.2) is 6.29 Å². The second-order valence-electron chi connectivity index (χ2n) is 13.0. The van der Waals surface area contributed by atoms with Crippen LogP contribution in [0.25, 0.3) is 0 Å². The number of hydrogen-bond donors (Lipinski definition) is 2. The Bertz CT molecular complexity index is 1770. The molecule has 6 rings (SSSR count). The average molecular weight is 678 g/mol. The Morgan fingerprint density at radius 2 is 1.62 bits per heavy atom. The van der Waals surface area contributed by atoms with Gasteiger partial charge >= 0.3 is 6.09 Å². The first-order valence-corrected chi connectivity index (χ1v) is 16.9. The molecule has 2 fully saturated rings. The molecule has 10 nitrogen and oxygen atoms in total. The van der Waals surface area contributed by atoms with Crippen molar-refractivity contribution in [2.75, 3.05) is 18.5 Å². The van der Waals surface area contributed by atoms with Gasteiger partial charge in [-0.25, -0.2) is 9.69 Å². The summed E-state index contributed by atoms with van der Waals surface area (Å²) in [6.45, 7) is 4.90. The molecule has 2 N–H and O–H groups in total. The van der Waals surface area contributed by atoms with Gasteiger partial charge in [-0.1, -0.05) is 104 Å². The fourth-order valence-corrected chi connectivity index (χ4v) is 6.49. The largest absolute Gasteiger partial charge is 0.445 e. The third kappa shape index (κ3) is 7.95. The molecule has 2 aliphatic rings. The minimum atomic E-state index is -1.05. The lowest BCUT2D eigenvalue weighted by Crippen LogP contribution is -2.44. The molecule has 0 radical (unpaired) electrons. The second-order valence-corrected chi connectivity index (χ2v) is 13.0. The number of ether oxygens (including phenoxy) is 3. The van der Waals surface area contributed by atoms with Crippen LogP contribution in [0.3, 0.4) is 0 Å². The third-order valence-electron chi connectivity index (χ3n) is 9.59. The van der Waals surface area contributed by atoms with E-state index < -0.39 is 30.2 Å². The fourth-order valence-electron chi connectivity index (χ4n) is 6.49. The predicted octanol–water partition coefficient (Wildman–Crippen LogP) is 6.22. The maximum atomic E-state index is 13.4. The van der Waals surface area contributed by atoms with Crippen molar-refractivity contribution >= 4 is 23.6 Å². The van der Waals surface area contributed by atoms with Crippen LogP contribution in [-0.4, -0.2) is 53.7 Å². The van der Waals surface area contributed by atoms with E-state index in [1.165, 1.54) is 5.56 Å². The van der Waals surface area contributed by atoms with Crippen molar-refractivity contribution in [1.29, 1.82) is 0 Å². The van der Waals surface area contributed by atoms with Gasteiger partial charge in [-0.05, 0) is 48.4 Å². The first kappa shape index (κ1) is 35.0. The molecular weight excluding hydrogens is 634 g/mol. The quantitative estimate of drug-likeness (QED) is 0.180. The van der Waals surface area contributed by atoms with Crippen LogP contribution in [0.5, 0.6) is 0 Å². The zero-order valence-corrected chi connectivity index (χ0v) is 28.5. The molecule has 3 amide bonds. The number of aliphatic hydroxyl groups is 1. The summed E-state index contributed by atoms with van der Waals surface area (Å²) in [6.07, 6.45) is -2.32. The lowest BCUT2D eigenvalue weighted by atomic mass is 9.89. The molecular formula is C40H43N3O7. The lowest BCUT2D eigenvalue weighted by molar-refractivity contribution is -0.276. The van der Waals surface area contributed by atoms with E-state index in [2.05, 4.69) is 43.2 Å². The van der Waals surface area contributed by atoms with Crippen LogP contribution in [0.2, 0.25) is 0 Å². The number of nitrogens with one attached hydrogen (secondary N) is 1. The van der Waals surface area contributed by atoms with Gasteiger partial charge in [0.2, 0.25) is 5.91 Å². The molecule has 10 heteroatoms. The van der Waals surface area contributed by atoms with Crippen LogP contribution in [0.1, 0.15) is 66.5 Å². The highest BCUT2D eigenvalue weighted by molar-refractivity contribution is 6.22. The Morgan fingerprint density at radius 3 is 2.32 bits per heavy atom. The van der Waals surface area contributed by atoms with Crippen LogP contribution in [0, 0.1) is 5.92 Å². The molecule has 2 heterocycles. The number of benzene rings is 4. The van der Waals surface area contributed by atoms with E-state index in [0.29, 0.717) is 17.8 Å². The van der Waals surface area contributed by atoms with Gasteiger partial charge in [0.05, 0.1) is 30.9 Å². The van der Waals surface area contributed by atoms with Crippen molar-refractivity contribution in [1.82, 2.24) is 10.2 Å². The number of likely N-dealkylation sites (N-methyl/N-ethyl adjacent to an activating group) is 1. The third-order valence-corrected chi connectivity index (χ3v) is 9.59. The summed E-state index contributed by atoms with van der Waals surface area (Å²) in [5.41, 5.74) is 4.78. The van der Waals surface area contributed by atoms with E-state index in [1.807, 2.05) is 78.9 Å². The minimum Gasteiger partial charge on any atom is -0.445 e. The minimum absolute atomic E-state index is 0.0324. The molecule has 260 valence electrons. The van der Waals surface area contributed by atoms with E-state index in [0.717, 1.165) is 21.6 Å². The summed E-state index contributed by atoms with van der Waals surface area (Å²) < 4.78 is 18.6. The van der Waals surface area contributed by atoms with Crippen molar-refractivity contribution in [2.45, 2.75) is 64.1 Å². The van der Waals surface area contributed by atoms with Gasteiger partial charge in [-0.3, -0.25) is 14.5 Å². The summed E-state index contributed by atoms with van der Waals surface area (Å²) >= 11 is 0. The van der Waals surface area contributed by atoms with Crippen molar-refractivity contribution < 1.29 is 33.7 Å². The molecule has 50 heavy (non-hydrogen) atoms. The number of amides is 3. The van der Waals surface area contributed by atoms with Crippen molar-refractivity contribution in [3.8, 4) is 0 Å². The number of alkyl carbamates (subject to hydrolysis) is 1. The number of rotatable bonds is 11. The molecule has 0 spiro atoms. The van der Waals surface area contributed by atoms with E-state index in [4.69, 9.17) is 14.2 Å². The molecule has 1 unspecified atom stereocenters. The van der Waals surface area contributed by atoms with Crippen LogP contribution in [0.15, 0.2) is 109 Å². The smallest absolute Gasteiger partial charge is 0.408 e. The van der Waals surface area contributed by atoms with Crippen LogP contribution in [-0.2, 0) is 37.0 Å². The number of carbonyl (C=O) groups excluding carboxylic acids is 3. The van der Waals surface area contributed by atoms with Gasteiger partial charge in [0.25, 0.3) is 5.91 Å². The van der Waals surface area contributed by atoms with E-state index in [9.17, 15) is 19.5 Å². The first-order valence-electron chi connectivity index (χ1n) is 16.9. The highest BCUT2D eigenvalue weighted by Crippen LogP contribution is 2.43. The van der Waals surface area contributed by atoms with Crippen LogP contribution < -0.4 is 10.2 Å². The molecule has 2 aliphatic heterocycles. The predicted molar refractivity (Wildman–Crippen MR) is 188 cm³/mol. The highest BCUT2D eigenvalue weighted by Gasteiger charge is 2.42. The fraction of sp³-hybridized carbons (Fsp3) is 0.325. The van der Waals surface area contributed by atoms with Crippen molar-refractivity contribution in [3.63, 3.8) is 0 Å². The normalized spacial score (nSPS) is 22.8. The van der Waals surface area contributed by atoms with Crippen LogP contribution in [0.4, 0.5) is 10.5 Å². The Labute approximate surface area is 292 Å². The van der Waals surface area contributed by atoms with E-state index >= 15 is 0 Å². The summed E-state index contributed by atoms with van der Waals surface area (Å²) in [6, 6.07) is 33.3. The standard InChI is InChI=1S/C40H43N3O7/c1-26-35(23-42(3)27(2)30-13-8-5-9-14-30)49-39(50-37(26)31-19-17-28(24-44)18-20-31)32-15-10-16-33(21-32)43-36(45)22-34(38(43)46)41-40(47)48-25-29-11-6-4-7-12-29/h4-21,26-27,34-35,37,39,44H,22-25H2,1-3H3,(H,41,47)/t26-,27-,34?,35+,37+,39+/m0/s1. The number of imide groups is 1. The Hall–Kier alpha value is -4.87. The Kier molecular flexibility index (Phi) is 11.0. The monoisotopic (exact) mass is 677 g/mol. The topological polar surface area (TPSA) is 118 Å². The molecule has 4 aromatic carbocycles. The molecule has 0 bridgehead atoms. The SMILES string of the molecule is C[C@H]1[C@@H](CN(C)[C@@H](C)c2ccccc2)O[C@@H](c2cccc(N3C(=O)CC(NC(=O)OCc4ccccc4)C3=O)c2)O[C@H]1c1ccc(CO)cc1. The number of anilines is 1. The molecule has 0 saturated carbocycles. The highest BCUT2D eigenvalue weighted by atomic mass is 16.7. The number of nitrogens with zero attached hydrogens (tertiary/aromatic N) is 2. The molecule has 2 saturated heterocycles. The van der Waals surface area contributed by atoms with E-state index in [1.54, 1.807) is 18.2 Å². The van der Waals surface area contributed by atoms with Gasteiger partial charge in [0, 0.05) is 24.1 Å². The maximum absolute atomic E-state index is 13.4. The summed E-state index contributed by atoms with van der Waals surface area (Å²) in [5, 5.41) is 12.2. The second kappa shape index (κ2) is 15.8. The molecule has 6 atom stereocenters. The Balaban J connectivity index is 1.20. The zero-order chi connectivity index (χ0) is 35.2. The maximum Gasteiger partial charge on any atom is 0.408 e. The molecule has 4 aromatic rings. The Morgan fingerprint density at radius 1 is 0.920 bits per heavy atom. The van der Waals surface area contributed by atoms with Gasteiger partial charge in [-0.2, -0.15) is 0 Å². The first-order chi connectivity index (χ1) is 24.2. The summed E-state index contributed by atoms with van der Waals surface area (Å²) in [7, 11) is 2.08. The van der Waals surface area contributed by atoms with Gasteiger partial charge in [-0.15, -0.1) is 0 Å². The zero-order valence-electron chi connectivity index (χ0n) is 28.5. The van der Waals surface area contributed by atoms with Gasteiger partial charge in [0.1, 0.15) is 12.6 Å². The summed E-state index contributed by atoms with van der Waals surface area (Å²) in [4.78, 5) is 42.5. The van der Waals surface area contributed by atoms with Crippen molar-refractivity contribution in [2.24, 2.45) is 5.92 Å².